The van der Waals surface area contributed by atoms with E-state index in [9.17, 15) is 5.26 Å². The van der Waals surface area contributed by atoms with Crippen LogP contribution in [0.2, 0.25) is 5.02 Å². The molecule has 5 heterocycles. The second-order valence-corrected chi connectivity index (χ2v) is 9.90. The summed E-state index contributed by atoms with van der Waals surface area (Å²) in [6.07, 6.45) is 3.62. The number of nitrogens with zero attached hydrogens (tertiary/aromatic N) is 9. The SMILES string of the molecule is Cc1cncc(N2CC3(C2)CN(c2nnc4n2-c2ccc(Cl)cc2CN(C(C)C#N)C4)C3)n1. The summed E-state index contributed by atoms with van der Waals surface area (Å²) in [7, 11) is 0. The predicted octanol–water partition coefficient (Wildman–Crippen LogP) is 2.57. The van der Waals surface area contributed by atoms with Crippen LogP contribution in [0.3, 0.4) is 0 Å². The molecule has 33 heavy (non-hydrogen) atoms. The normalized spacial score (nSPS) is 19.7. The summed E-state index contributed by atoms with van der Waals surface area (Å²) < 4.78 is 2.14. The molecule has 3 aromatic rings. The van der Waals surface area contributed by atoms with E-state index in [4.69, 9.17) is 11.6 Å². The second-order valence-electron chi connectivity index (χ2n) is 9.47. The van der Waals surface area contributed by atoms with Gasteiger partial charge in [-0.2, -0.15) is 5.26 Å². The number of fused-ring (bicyclic) bond motifs is 3. The van der Waals surface area contributed by atoms with Crippen LogP contribution < -0.4 is 9.80 Å². The van der Waals surface area contributed by atoms with E-state index in [0.717, 1.165) is 60.7 Å². The Morgan fingerprint density at radius 3 is 2.64 bits per heavy atom. The molecule has 0 bridgehead atoms. The molecule has 2 aromatic heterocycles. The van der Waals surface area contributed by atoms with Gasteiger partial charge in [-0.25, -0.2) is 4.98 Å². The quantitative estimate of drug-likeness (QED) is 0.588. The van der Waals surface area contributed by atoms with E-state index in [-0.39, 0.29) is 11.5 Å². The molecule has 3 aliphatic rings. The number of nitriles is 1. The first kappa shape index (κ1) is 20.4. The van der Waals surface area contributed by atoms with Gasteiger partial charge in [0.25, 0.3) is 0 Å². The number of aryl methyl sites for hydroxylation is 1. The van der Waals surface area contributed by atoms with Gasteiger partial charge in [0.1, 0.15) is 5.82 Å². The number of rotatable bonds is 3. The number of halogens is 1. The van der Waals surface area contributed by atoms with Crippen molar-refractivity contribution >= 4 is 23.4 Å². The summed E-state index contributed by atoms with van der Waals surface area (Å²) in [4.78, 5) is 15.6. The predicted molar refractivity (Wildman–Crippen MR) is 124 cm³/mol. The minimum Gasteiger partial charge on any atom is -0.354 e. The van der Waals surface area contributed by atoms with Crippen molar-refractivity contribution in [2.24, 2.45) is 5.41 Å². The topological polar surface area (TPSA) is 90.0 Å². The average molecular weight is 462 g/mol. The Morgan fingerprint density at radius 2 is 1.88 bits per heavy atom. The van der Waals surface area contributed by atoms with E-state index in [1.165, 1.54) is 0 Å². The minimum absolute atomic E-state index is 0.235. The molecule has 9 nitrogen and oxygen atoms in total. The highest BCUT2D eigenvalue weighted by Gasteiger charge is 2.53. The Morgan fingerprint density at radius 1 is 1.09 bits per heavy atom. The van der Waals surface area contributed by atoms with Crippen LogP contribution in [-0.2, 0) is 13.1 Å². The maximum Gasteiger partial charge on any atom is 0.231 e. The molecule has 0 saturated carbocycles. The summed E-state index contributed by atoms with van der Waals surface area (Å²) in [5.41, 5.74) is 3.31. The standard InChI is InChI=1S/C23H24ClN9/c1-15-7-26-8-20(27-15)31-11-23(12-31)13-32(14-23)22-29-28-21-10-30(16(2)6-25)9-17-5-18(24)3-4-19(17)33(21)22/h3-5,7-8,16H,9-14H2,1-2H3. The Hall–Kier alpha value is -3.22. The van der Waals surface area contributed by atoms with Gasteiger partial charge < -0.3 is 9.80 Å². The Kier molecular flexibility index (Phi) is 4.57. The molecule has 6 rings (SSSR count). The van der Waals surface area contributed by atoms with E-state index in [0.29, 0.717) is 18.1 Å². The van der Waals surface area contributed by atoms with E-state index in [1.807, 2.05) is 38.2 Å². The zero-order chi connectivity index (χ0) is 22.7. The lowest BCUT2D eigenvalue weighted by molar-refractivity contribution is 0.153. The molecule has 3 aliphatic heterocycles. The zero-order valence-corrected chi connectivity index (χ0v) is 19.4. The van der Waals surface area contributed by atoms with E-state index < -0.39 is 0 Å². The molecule has 2 fully saturated rings. The Bertz CT molecular complexity index is 1270. The van der Waals surface area contributed by atoms with Crippen LogP contribution >= 0.6 is 11.6 Å². The summed E-state index contributed by atoms with van der Waals surface area (Å²) in [5, 5.41) is 19.3. The fraction of sp³-hybridized carbons (Fsp3) is 0.435. The van der Waals surface area contributed by atoms with E-state index in [1.54, 1.807) is 6.20 Å². The van der Waals surface area contributed by atoms with E-state index in [2.05, 4.69) is 45.5 Å². The molecular formula is C23H24ClN9. The van der Waals surface area contributed by atoms with Crippen LogP contribution in [0, 0.1) is 23.7 Å². The van der Waals surface area contributed by atoms with Crippen molar-refractivity contribution < 1.29 is 0 Å². The van der Waals surface area contributed by atoms with Gasteiger partial charge in [0.2, 0.25) is 5.95 Å². The molecule has 0 N–H and O–H groups in total. The summed E-state index contributed by atoms with van der Waals surface area (Å²) >= 11 is 6.32. The Labute approximate surface area is 197 Å². The summed E-state index contributed by atoms with van der Waals surface area (Å²) in [5.74, 6) is 2.66. The second kappa shape index (κ2) is 7.40. The Balaban J connectivity index is 1.26. The van der Waals surface area contributed by atoms with Crippen molar-refractivity contribution in [2.45, 2.75) is 33.0 Å². The highest BCUT2D eigenvalue weighted by Crippen LogP contribution is 2.44. The molecule has 10 heteroatoms. The van der Waals surface area contributed by atoms with E-state index >= 15 is 0 Å². The first-order valence-electron chi connectivity index (χ1n) is 11.1. The zero-order valence-electron chi connectivity index (χ0n) is 18.6. The van der Waals surface area contributed by atoms with Gasteiger partial charge in [0.05, 0.1) is 36.2 Å². The maximum atomic E-state index is 9.50. The van der Waals surface area contributed by atoms with Crippen LogP contribution in [0.15, 0.2) is 30.6 Å². The number of hydrogen-bond donors (Lipinski definition) is 0. The van der Waals surface area contributed by atoms with Gasteiger partial charge in [0.15, 0.2) is 5.82 Å². The van der Waals surface area contributed by atoms with Crippen molar-refractivity contribution in [3.63, 3.8) is 0 Å². The van der Waals surface area contributed by atoms with Gasteiger partial charge in [-0.3, -0.25) is 14.5 Å². The van der Waals surface area contributed by atoms with Gasteiger partial charge >= 0.3 is 0 Å². The van der Waals surface area contributed by atoms with Crippen molar-refractivity contribution in [3.05, 3.63) is 52.7 Å². The number of benzene rings is 1. The average Bonchev–Trinajstić information content (AvgIpc) is 3.06. The molecule has 1 spiro atoms. The molecular weight excluding hydrogens is 438 g/mol. The molecule has 2 saturated heterocycles. The van der Waals surface area contributed by atoms with Crippen molar-refractivity contribution in [1.82, 2.24) is 29.6 Å². The molecule has 1 unspecified atom stereocenters. The number of hydrogen-bond acceptors (Lipinski definition) is 8. The lowest BCUT2D eigenvalue weighted by Gasteiger charge is -2.60. The molecule has 0 radical (unpaired) electrons. The first-order chi connectivity index (χ1) is 15.9. The molecule has 0 amide bonds. The van der Waals surface area contributed by atoms with Gasteiger partial charge in [-0.1, -0.05) is 11.6 Å². The molecule has 168 valence electrons. The van der Waals surface area contributed by atoms with Gasteiger partial charge in [-0.05, 0) is 37.6 Å². The summed E-state index contributed by atoms with van der Waals surface area (Å²) in [6, 6.07) is 8.03. The lowest BCUT2D eigenvalue weighted by Crippen LogP contribution is -2.73. The third-order valence-electron chi connectivity index (χ3n) is 6.90. The molecule has 0 aliphatic carbocycles. The molecule has 1 aromatic carbocycles. The van der Waals surface area contributed by atoms with Crippen LogP contribution in [-0.4, -0.2) is 61.9 Å². The van der Waals surface area contributed by atoms with Crippen LogP contribution in [0.1, 0.15) is 24.0 Å². The third kappa shape index (κ3) is 3.33. The van der Waals surface area contributed by atoms with Crippen molar-refractivity contribution in [1.29, 1.82) is 5.26 Å². The monoisotopic (exact) mass is 461 g/mol. The highest BCUT2D eigenvalue weighted by atomic mass is 35.5. The van der Waals surface area contributed by atoms with Crippen molar-refractivity contribution in [3.8, 4) is 11.8 Å². The fourth-order valence-electron chi connectivity index (χ4n) is 5.20. The third-order valence-corrected chi connectivity index (χ3v) is 7.14. The molecule has 1 atom stereocenters. The van der Waals surface area contributed by atoms with Crippen LogP contribution in [0.25, 0.3) is 5.69 Å². The minimum atomic E-state index is -0.235. The number of aromatic nitrogens is 5. The smallest absolute Gasteiger partial charge is 0.231 e. The largest absolute Gasteiger partial charge is 0.354 e. The van der Waals surface area contributed by atoms with Crippen LogP contribution in [0.5, 0.6) is 0 Å². The maximum absolute atomic E-state index is 9.50. The van der Waals surface area contributed by atoms with Crippen LogP contribution in [0.4, 0.5) is 11.8 Å². The highest BCUT2D eigenvalue weighted by molar-refractivity contribution is 6.30. The van der Waals surface area contributed by atoms with Crippen molar-refractivity contribution in [2.75, 3.05) is 36.0 Å². The lowest BCUT2D eigenvalue weighted by atomic mass is 9.73. The number of anilines is 2. The van der Waals surface area contributed by atoms with Gasteiger partial charge in [-0.15, -0.1) is 10.2 Å². The van der Waals surface area contributed by atoms with Gasteiger partial charge in [0, 0.05) is 49.4 Å². The summed E-state index contributed by atoms with van der Waals surface area (Å²) in [6.45, 7) is 8.90. The first-order valence-corrected chi connectivity index (χ1v) is 11.5. The fourth-order valence-corrected chi connectivity index (χ4v) is 5.40.